The van der Waals surface area contributed by atoms with Crippen molar-refractivity contribution in [2.24, 2.45) is 11.7 Å². The molecule has 1 aliphatic heterocycles. The SMILES string of the molecule is Cc1c(C(C)(CNC(=O)C(C)C(=O)O)C(=O)N2CCCC2)ccc2[nH]c(CNc3ccc(C(=N)N)cc3)nc12.Cl.Cl. The third kappa shape index (κ3) is 7.09. The van der Waals surface area contributed by atoms with Crippen LogP contribution in [0.4, 0.5) is 5.69 Å². The number of aromatic nitrogens is 2. The molecular weight excluding hydrogens is 569 g/mol. The van der Waals surface area contributed by atoms with Crippen molar-refractivity contribution in [3.63, 3.8) is 0 Å². The molecule has 1 saturated heterocycles. The summed E-state index contributed by atoms with van der Waals surface area (Å²) >= 11 is 0. The van der Waals surface area contributed by atoms with Crippen LogP contribution in [0.1, 0.15) is 49.2 Å². The van der Waals surface area contributed by atoms with Gasteiger partial charge in [-0.15, -0.1) is 24.8 Å². The third-order valence-electron chi connectivity index (χ3n) is 7.45. The number of carbonyl (C=O) groups excluding carboxylic acids is 2. The Hall–Kier alpha value is -3.83. The second-order valence-electron chi connectivity index (χ2n) is 10.3. The number of aromatic amines is 1. The molecule has 2 atom stereocenters. The van der Waals surface area contributed by atoms with E-state index in [0.29, 0.717) is 31.0 Å². The molecular formula is C28H37Cl2N7O4. The Morgan fingerprint density at radius 3 is 2.37 bits per heavy atom. The monoisotopic (exact) mass is 605 g/mol. The maximum Gasteiger partial charge on any atom is 0.315 e. The van der Waals surface area contributed by atoms with Crippen LogP contribution < -0.4 is 16.4 Å². The number of hydrogen-bond acceptors (Lipinski definition) is 6. The summed E-state index contributed by atoms with van der Waals surface area (Å²) in [6.45, 7) is 6.74. The second-order valence-corrected chi connectivity index (χ2v) is 10.3. The Morgan fingerprint density at radius 2 is 1.78 bits per heavy atom. The number of nitrogens with zero attached hydrogens (tertiary/aromatic N) is 2. The van der Waals surface area contributed by atoms with E-state index in [1.165, 1.54) is 6.92 Å². The van der Waals surface area contributed by atoms with Crippen LogP contribution in [0.3, 0.4) is 0 Å². The normalized spacial score (nSPS) is 14.8. The average Bonchev–Trinajstić information content (AvgIpc) is 3.60. The molecule has 41 heavy (non-hydrogen) atoms. The van der Waals surface area contributed by atoms with Crippen molar-refractivity contribution in [3.05, 3.63) is 58.9 Å². The van der Waals surface area contributed by atoms with Crippen LogP contribution in [0.2, 0.25) is 0 Å². The van der Waals surface area contributed by atoms with Gasteiger partial charge in [0.1, 0.15) is 17.6 Å². The van der Waals surface area contributed by atoms with Gasteiger partial charge < -0.3 is 31.4 Å². The molecule has 7 N–H and O–H groups in total. The van der Waals surface area contributed by atoms with E-state index in [1.54, 1.807) is 19.1 Å². The first-order chi connectivity index (χ1) is 18.5. The number of amidine groups is 1. The molecule has 2 amide bonds. The number of halogens is 2. The number of amides is 2. The number of nitrogens with two attached hydrogens (primary N) is 1. The first-order valence-corrected chi connectivity index (χ1v) is 13.0. The molecule has 1 fully saturated rings. The summed E-state index contributed by atoms with van der Waals surface area (Å²) in [5, 5.41) is 22.8. The number of likely N-dealkylation sites (tertiary alicyclic amines) is 1. The highest BCUT2D eigenvalue weighted by Gasteiger charge is 2.41. The van der Waals surface area contributed by atoms with Gasteiger partial charge in [0.2, 0.25) is 11.8 Å². The molecule has 13 heteroatoms. The van der Waals surface area contributed by atoms with Gasteiger partial charge in [-0.1, -0.05) is 6.07 Å². The number of carboxylic acid groups (broad SMARTS) is 1. The van der Waals surface area contributed by atoms with Crippen molar-refractivity contribution < 1.29 is 19.5 Å². The van der Waals surface area contributed by atoms with E-state index in [1.807, 2.05) is 36.1 Å². The van der Waals surface area contributed by atoms with Gasteiger partial charge in [-0.3, -0.25) is 19.8 Å². The van der Waals surface area contributed by atoms with Crippen LogP contribution in [0, 0.1) is 18.3 Å². The lowest BCUT2D eigenvalue weighted by atomic mass is 9.78. The van der Waals surface area contributed by atoms with Crippen LogP contribution in [-0.4, -0.2) is 63.2 Å². The van der Waals surface area contributed by atoms with E-state index < -0.39 is 23.2 Å². The average molecular weight is 607 g/mol. The van der Waals surface area contributed by atoms with Crippen LogP contribution in [-0.2, 0) is 26.3 Å². The predicted molar refractivity (Wildman–Crippen MR) is 163 cm³/mol. The van der Waals surface area contributed by atoms with Crippen molar-refractivity contribution in [3.8, 4) is 0 Å². The summed E-state index contributed by atoms with van der Waals surface area (Å²) in [7, 11) is 0. The lowest BCUT2D eigenvalue weighted by molar-refractivity contribution is -0.146. The number of hydrogen-bond donors (Lipinski definition) is 6. The van der Waals surface area contributed by atoms with Crippen molar-refractivity contribution >= 4 is 65.2 Å². The molecule has 0 saturated carbocycles. The molecule has 0 radical (unpaired) electrons. The minimum atomic E-state index is -1.22. The fourth-order valence-corrected chi connectivity index (χ4v) is 4.98. The van der Waals surface area contributed by atoms with Gasteiger partial charge in [-0.25, -0.2) is 4.98 Å². The lowest BCUT2D eigenvalue weighted by Gasteiger charge is -2.34. The topological polar surface area (TPSA) is 177 Å². The second kappa shape index (κ2) is 13.7. The molecule has 0 spiro atoms. The molecule has 0 aliphatic carbocycles. The van der Waals surface area contributed by atoms with E-state index in [2.05, 4.69) is 15.6 Å². The Labute approximate surface area is 251 Å². The zero-order valence-electron chi connectivity index (χ0n) is 23.2. The quantitative estimate of drug-likeness (QED) is 0.116. The van der Waals surface area contributed by atoms with Gasteiger partial charge in [-0.2, -0.15) is 0 Å². The summed E-state index contributed by atoms with van der Waals surface area (Å²) in [4.78, 5) is 47.5. The first-order valence-electron chi connectivity index (χ1n) is 13.0. The van der Waals surface area contributed by atoms with Crippen molar-refractivity contribution in [1.29, 1.82) is 5.41 Å². The fraction of sp³-hybridized carbons (Fsp3) is 0.393. The molecule has 2 unspecified atom stereocenters. The van der Waals surface area contributed by atoms with Crippen LogP contribution in [0.5, 0.6) is 0 Å². The number of aryl methyl sites for hydroxylation is 1. The zero-order valence-corrected chi connectivity index (χ0v) is 24.9. The van der Waals surface area contributed by atoms with Gasteiger partial charge in [0.25, 0.3) is 0 Å². The highest BCUT2D eigenvalue weighted by molar-refractivity contribution is 5.97. The summed E-state index contributed by atoms with van der Waals surface area (Å²) in [6.07, 6.45) is 1.85. The number of imidazole rings is 1. The van der Waals surface area contributed by atoms with Gasteiger partial charge >= 0.3 is 5.97 Å². The van der Waals surface area contributed by atoms with Gasteiger partial charge in [0, 0.05) is 30.9 Å². The molecule has 222 valence electrons. The summed E-state index contributed by atoms with van der Waals surface area (Å²) in [5.74, 6) is -2.46. The smallest absolute Gasteiger partial charge is 0.315 e. The van der Waals surface area contributed by atoms with Crippen LogP contribution >= 0.6 is 24.8 Å². The standard InChI is InChI=1S/C28H35N7O4.2ClH/c1-16-20(28(3,27(39)35-12-4-5-13-35)15-32-25(36)17(2)26(37)38)10-11-21-23(16)34-22(33-21)14-31-19-8-6-18(7-9-19)24(29)30;;/h6-11,17,31H,4-5,12-15H2,1-3H3,(H3,29,30)(H,32,36)(H,33,34)(H,37,38);2*1H. The molecule has 1 aromatic heterocycles. The van der Waals surface area contributed by atoms with Gasteiger partial charge in [-0.05, 0) is 75.1 Å². The Balaban J connectivity index is 0.00000294. The summed E-state index contributed by atoms with van der Waals surface area (Å²) in [6, 6.07) is 11.0. The number of aliphatic carboxylic acids is 1. The van der Waals surface area contributed by atoms with Crippen molar-refractivity contribution in [2.75, 3.05) is 25.0 Å². The molecule has 3 aromatic rings. The molecule has 1 aliphatic rings. The maximum absolute atomic E-state index is 13.8. The Kier molecular flexibility index (Phi) is 11.1. The van der Waals surface area contributed by atoms with Gasteiger partial charge in [0.15, 0.2) is 0 Å². The highest BCUT2D eigenvalue weighted by atomic mass is 35.5. The largest absolute Gasteiger partial charge is 0.481 e. The van der Waals surface area contributed by atoms with E-state index >= 15 is 0 Å². The van der Waals surface area contributed by atoms with Crippen molar-refractivity contribution in [2.45, 2.75) is 45.6 Å². The highest BCUT2D eigenvalue weighted by Crippen LogP contribution is 2.33. The van der Waals surface area contributed by atoms with Gasteiger partial charge in [0.05, 0.1) is 23.0 Å². The summed E-state index contributed by atoms with van der Waals surface area (Å²) in [5.41, 5.74) is 9.01. The maximum atomic E-state index is 13.8. The molecule has 0 bridgehead atoms. The molecule has 4 rings (SSSR count). The Bertz CT molecular complexity index is 1420. The van der Waals surface area contributed by atoms with E-state index in [0.717, 1.165) is 40.7 Å². The van der Waals surface area contributed by atoms with E-state index in [4.69, 9.17) is 16.1 Å². The Morgan fingerprint density at radius 1 is 1.15 bits per heavy atom. The third-order valence-corrected chi connectivity index (χ3v) is 7.45. The molecule has 2 aromatic carbocycles. The number of fused-ring (bicyclic) bond motifs is 1. The number of benzene rings is 2. The number of carbonyl (C=O) groups is 3. The minimum absolute atomic E-state index is 0. The fourth-order valence-electron chi connectivity index (χ4n) is 4.98. The lowest BCUT2D eigenvalue weighted by Crippen LogP contribution is -2.52. The molecule has 11 nitrogen and oxygen atoms in total. The zero-order chi connectivity index (χ0) is 28.3. The number of nitrogens with one attached hydrogen (secondary N) is 4. The summed E-state index contributed by atoms with van der Waals surface area (Å²) < 4.78 is 0. The van der Waals surface area contributed by atoms with E-state index in [9.17, 15) is 19.5 Å². The number of nitrogen functional groups attached to an aromatic ring is 1. The number of carboxylic acids is 1. The van der Waals surface area contributed by atoms with Crippen LogP contribution in [0.25, 0.3) is 11.0 Å². The number of rotatable bonds is 10. The molecule has 2 heterocycles. The predicted octanol–water partition coefficient (Wildman–Crippen LogP) is 3.33. The minimum Gasteiger partial charge on any atom is -0.481 e. The first kappa shape index (κ1) is 33.4. The number of anilines is 1. The van der Waals surface area contributed by atoms with E-state index in [-0.39, 0.29) is 43.1 Å². The van der Waals surface area contributed by atoms with Crippen molar-refractivity contribution in [1.82, 2.24) is 20.2 Å². The number of H-pyrrole nitrogens is 1. The van der Waals surface area contributed by atoms with Crippen LogP contribution in [0.15, 0.2) is 36.4 Å².